The van der Waals surface area contributed by atoms with Crippen molar-refractivity contribution in [1.82, 2.24) is 4.31 Å². The van der Waals surface area contributed by atoms with Crippen LogP contribution in [0.2, 0.25) is 0 Å². The Morgan fingerprint density at radius 2 is 2.07 bits per heavy atom. The average molecular weight is 234 g/mol. The third-order valence-electron chi connectivity index (χ3n) is 2.96. The molecular formula is C10H22N2O2S. The maximum Gasteiger partial charge on any atom is 0.214 e. The highest BCUT2D eigenvalue weighted by Gasteiger charge is 2.28. The lowest BCUT2D eigenvalue weighted by molar-refractivity contribution is 0.268. The minimum absolute atomic E-state index is 0.182. The summed E-state index contributed by atoms with van der Waals surface area (Å²) in [4.78, 5) is 0. The Labute approximate surface area is 92.9 Å². The number of sulfonamides is 1. The maximum absolute atomic E-state index is 12.0. The molecule has 1 fully saturated rings. The fraction of sp³-hybridized carbons (Fsp3) is 1.00. The van der Waals surface area contributed by atoms with Crippen LogP contribution < -0.4 is 5.73 Å². The summed E-state index contributed by atoms with van der Waals surface area (Å²) in [5.41, 5.74) is 5.36. The smallest absolute Gasteiger partial charge is 0.214 e. The second-order valence-electron chi connectivity index (χ2n) is 4.27. The largest absolute Gasteiger partial charge is 0.330 e. The number of nitrogens with two attached hydrogens (primary N) is 1. The zero-order valence-corrected chi connectivity index (χ0v) is 10.3. The monoisotopic (exact) mass is 234 g/mol. The number of nitrogens with zero attached hydrogens (tertiary/aromatic N) is 1. The van der Waals surface area contributed by atoms with E-state index >= 15 is 0 Å². The molecule has 1 atom stereocenters. The predicted molar refractivity (Wildman–Crippen MR) is 62.1 cm³/mol. The lowest BCUT2D eigenvalue weighted by Gasteiger charge is -2.32. The fourth-order valence-corrected chi connectivity index (χ4v) is 3.90. The Bertz CT molecular complexity index is 277. The Kier molecular flexibility index (Phi) is 5.02. The van der Waals surface area contributed by atoms with Gasteiger partial charge in [-0.3, -0.25) is 0 Å². The van der Waals surface area contributed by atoms with Crippen LogP contribution in [-0.4, -0.2) is 37.6 Å². The lowest BCUT2D eigenvalue weighted by atomic mass is 10.1. The SMILES string of the molecule is C[C@H]1CCCCN1S(=O)(=O)CCCCN. The molecule has 0 unspecified atom stereocenters. The summed E-state index contributed by atoms with van der Waals surface area (Å²) in [6, 6.07) is 0.182. The van der Waals surface area contributed by atoms with Crippen molar-refractivity contribution < 1.29 is 8.42 Å². The van der Waals surface area contributed by atoms with E-state index in [1.165, 1.54) is 0 Å². The molecule has 4 nitrogen and oxygen atoms in total. The first kappa shape index (κ1) is 12.9. The van der Waals surface area contributed by atoms with Gasteiger partial charge in [0.05, 0.1) is 5.75 Å². The molecule has 0 amide bonds. The van der Waals surface area contributed by atoms with Gasteiger partial charge in [-0.15, -0.1) is 0 Å². The van der Waals surface area contributed by atoms with E-state index in [1.54, 1.807) is 4.31 Å². The molecule has 0 aromatic rings. The highest BCUT2D eigenvalue weighted by atomic mass is 32.2. The zero-order valence-electron chi connectivity index (χ0n) is 9.48. The van der Waals surface area contributed by atoms with E-state index in [1.807, 2.05) is 6.92 Å². The van der Waals surface area contributed by atoms with Crippen molar-refractivity contribution in [2.24, 2.45) is 5.73 Å². The van der Waals surface area contributed by atoms with E-state index < -0.39 is 10.0 Å². The number of rotatable bonds is 5. The molecule has 0 saturated carbocycles. The van der Waals surface area contributed by atoms with Crippen LogP contribution in [-0.2, 0) is 10.0 Å². The average Bonchev–Trinajstić information content (AvgIpc) is 2.18. The topological polar surface area (TPSA) is 63.4 Å². The molecule has 0 aliphatic carbocycles. The summed E-state index contributed by atoms with van der Waals surface area (Å²) in [7, 11) is -3.03. The lowest BCUT2D eigenvalue weighted by Crippen LogP contribution is -2.43. The third-order valence-corrected chi connectivity index (χ3v) is 5.02. The van der Waals surface area contributed by atoms with Crippen molar-refractivity contribution in [3.05, 3.63) is 0 Å². The van der Waals surface area contributed by atoms with E-state index in [2.05, 4.69) is 0 Å². The summed E-state index contributed by atoms with van der Waals surface area (Å²) in [5.74, 6) is 0.258. The molecule has 1 aliphatic rings. The van der Waals surface area contributed by atoms with Gasteiger partial charge in [0, 0.05) is 12.6 Å². The molecule has 1 rings (SSSR count). The van der Waals surface area contributed by atoms with E-state index in [0.29, 0.717) is 19.5 Å². The van der Waals surface area contributed by atoms with Gasteiger partial charge in [-0.25, -0.2) is 8.42 Å². The molecule has 0 aromatic carbocycles. The van der Waals surface area contributed by atoms with Crippen LogP contribution in [0.4, 0.5) is 0 Å². The van der Waals surface area contributed by atoms with Crippen LogP contribution in [0.5, 0.6) is 0 Å². The molecule has 0 aromatic heterocycles. The molecule has 15 heavy (non-hydrogen) atoms. The summed E-state index contributed by atoms with van der Waals surface area (Å²) in [5, 5.41) is 0. The number of hydrogen-bond donors (Lipinski definition) is 1. The molecular weight excluding hydrogens is 212 g/mol. The van der Waals surface area contributed by atoms with Crippen molar-refractivity contribution in [3.8, 4) is 0 Å². The molecule has 0 bridgehead atoms. The van der Waals surface area contributed by atoms with E-state index in [-0.39, 0.29) is 11.8 Å². The molecule has 0 radical (unpaired) electrons. The first-order chi connectivity index (χ1) is 7.08. The van der Waals surface area contributed by atoms with Gasteiger partial charge >= 0.3 is 0 Å². The Morgan fingerprint density at radius 3 is 2.67 bits per heavy atom. The zero-order chi connectivity index (χ0) is 11.3. The van der Waals surface area contributed by atoms with Gasteiger partial charge in [0.1, 0.15) is 0 Å². The summed E-state index contributed by atoms with van der Waals surface area (Å²) in [6.07, 6.45) is 4.62. The third kappa shape index (κ3) is 3.74. The fourth-order valence-electron chi connectivity index (χ4n) is 2.03. The van der Waals surface area contributed by atoms with Gasteiger partial charge in [-0.05, 0) is 39.2 Å². The molecule has 90 valence electrons. The second-order valence-corrected chi connectivity index (χ2v) is 6.31. The van der Waals surface area contributed by atoms with Gasteiger partial charge in [-0.1, -0.05) is 6.42 Å². The van der Waals surface area contributed by atoms with Crippen molar-refractivity contribution in [2.75, 3.05) is 18.8 Å². The minimum atomic E-state index is -3.03. The maximum atomic E-state index is 12.0. The van der Waals surface area contributed by atoms with Crippen LogP contribution in [0.15, 0.2) is 0 Å². The first-order valence-corrected chi connectivity index (χ1v) is 7.38. The first-order valence-electron chi connectivity index (χ1n) is 5.77. The van der Waals surface area contributed by atoms with Crippen molar-refractivity contribution in [3.63, 3.8) is 0 Å². The molecule has 1 aliphatic heterocycles. The Hall–Kier alpha value is -0.130. The van der Waals surface area contributed by atoms with Crippen LogP contribution in [0, 0.1) is 0 Å². The highest BCUT2D eigenvalue weighted by molar-refractivity contribution is 7.89. The standard InChI is InChI=1S/C10H22N2O2S/c1-10-6-2-4-8-12(10)15(13,14)9-5-3-7-11/h10H,2-9,11H2,1H3/t10-/m0/s1. The number of piperidine rings is 1. The molecule has 1 saturated heterocycles. The number of unbranched alkanes of at least 4 members (excludes halogenated alkanes) is 1. The highest BCUT2D eigenvalue weighted by Crippen LogP contribution is 2.20. The molecule has 0 spiro atoms. The van der Waals surface area contributed by atoms with Crippen LogP contribution in [0.1, 0.15) is 39.0 Å². The van der Waals surface area contributed by atoms with Gasteiger partial charge in [0.15, 0.2) is 0 Å². The van der Waals surface area contributed by atoms with E-state index in [4.69, 9.17) is 5.73 Å². The predicted octanol–water partition coefficient (Wildman–Crippen LogP) is 0.929. The molecule has 5 heteroatoms. The van der Waals surface area contributed by atoms with Crippen molar-refractivity contribution >= 4 is 10.0 Å². The normalized spacial score (nSPS) is 24.3. The Morgan fingerprint density at radius 1 is 1.33 bits per heavy atom. The van der Waals surface area contributed by atoms with E-state index in [0.717, 1.165) is 25.7 Å². The second kappa shape index (κ2) is 5.82. The van der Waals surface area contributed by atoms with Gasteiger partial charge in [-0.2, -0.15) is 4.31 Å². The van der Waals surface area contributed by atoms with Gasteiger partial charge in [0.2, 0.25) is 10.0 Å². The van der Waals surface area contributed by atoms with Crippen LogP contribution in [0.25, 0.3) is 0 Å². The van der Waals surface area contributed by atoms with Crippen molar-refractivity contribution in [1.29, 1.82) is 0 Å². The van der Waals surface area contributed by atoms with Gasteiger partial charge < -0.3 is 5.73 Å². The molecule has 1 heterocycles. The van der Waals surface area contributed by atoms with Crippen LogP contribution in [0.3, 0.4) is 0 Å². The summed E-state index contributed by atoms with van der Waals surface area (Å²) >= 11 is 0. The van der Waals surface area contributed by atoms with E-state index in [9.17, 15) is 8.42 Å². The quantitative estimate of drug-likeness (QED) is 0.720. The minimum Gasteiger partial charge on any atom is -0.330 e. The number of hydrogen-bond acceptors (Lipinski definition) is 3. The Balaban J connectivity index is 2.51. The van der Waals surface area contributed by atoms with Crippen molar-refractivity contribution in [2.45, 2.75) is 45.1 Å². The van der Waals surface area contributed by atoms with Gasteiger partial charge in [0.25, 0.3) is 0 Å². The van der Waals surface area contributed by atoms with Crippen LogP contribution >= 0.6 is 0 Å². The summed E-state index contributed by atoms with van der Waals surface area (Å²) in [6.45, 7) is 3.27. The molecule has 2 N–H and O–H groups in total. The summed E-state index contributed by atoms with van der Waals surface area (Å²) < 4.78 is 25.6.